The topological polar surface area (TPSA) is 66.9 Å². The van der Waals surface area contributed by atoms with E-state index in [1.165, 1.54) is 4.90 Å². The molecule has 30 heavy (non-hydrogen) atoms. The van der Waals surface area contributed by atoms with Crippen LogP contribution in [0, 0.1) is 0 Å². The maximum atomic E-state index is 13.3. The van der Waals surface area contributed by atoms with Crippen molar-refractivity contribution < 1.29 is 19.1 Å². The highest BCUT2D eigenvalue weighted by Crippen LogP contribution is 2.31. The molecule has 0 atom stereocenters. The minimum atomic E-state index is -0.300. The van der Waals surface area contributed by atoms with Crippen molar-refractivity contribution >= 4 is 17.7 Å². The van der Waals surface area contributed by atoms with Gasteiger partial charge in [-0.25, -0.2) is 0 Å². The first-order valence-corrected chi connectivity index (χ1v) is 10.5. The first-order valence-electron chi connectivity index (χ1n) is 10.5. The summed E-state index contributed by atoms with van der Waals surface area (Å²) in [5.41, 5.74) is 2.20. The fourth-order valence-electron chi connectivity index (χ4n) is 3.79. The van der Waals surface area contributed by atoms with E-state index in [1.807, 2.05) is 36.1 Å². The Bertz CT molecular complexity index is 979. The largest absolute Gasteiger partial charge is 0.497 e. The van der Waals surface area contributed by atoms with E-state index in [0.717, 1.165) is 37.0 Å². The average molecular weight is 406 g/mol. The number of nitrogens with zero attached hydrogens (tertiary/aromatic N) is 2. The second-order valence-electron chi connectivity index (χ2n) is 7.89. The highest BCUT2D eigenvalue weighted by atomic mass is 16.5. The lowest BCUT2D eigenvalue weighted by atomic mass is 10.0. The maximum absolute atomic E-state index is 13.3. The van der Waals surface area contributed by atoms with E-state index in [2.05, 4.69) is 0 Å². The quantitative estimate of drug-likeness (QED) is 0.624. The van der Waals surface area contributed by atoms with E-state index in [1.54, 1.807) is 25.3 Å². The Labute approximate surface area is 176 Å². The van der Waals surface area contributed by atoms with Crippen molar-refractivity contribution in [2.45, 2.75) is 45.2 Å². The van der Waals surface area contributed by atoms with Gasteiger partial charge >= 0.3 is 0 Å². The van der Waals surface area contributed by atoms with Crippen LogP contribution in [0.4, 0.5) is 0 Å². The number of amides is 3. The van der Waals surface area contributed by atoms with E-state index in [4.69, 9.17) is 4.74 Å². The summed E-state index contributed by atoms with van der Waals surface area (Å²) in [6, 6.07) is 12.8. The molecule has 3 amide bonds. The van der Waals surface area contributed by atoms with Crippen LogP contribution >= 0.6 is 0 Å². The molecule has 2 aromatic carbocycles. The van der Waals surface area contributed by atoms with Crippen molar-refractivity contribution in [1.29, 1.82) is 0 Å². The number of methoxy groups -OCH3 is 1. The van der Waals surface area contributed by atoms with Gasteiger partial charge in [0.1, 0.15) is 5.75 Å². The van der Waals surface area contributed by atoms with Crippen LogP contribution in [-0.4, -0.2) is 47.2 Å². The van der Waals surface area contributed by atoms with Gasteiger partial charge in [-0.05, 0) is 55.2 Å². The summed E-state index contributed by atoms with van der Waals surface area (Å²) in [5.74, 6) is 0.104. The zero-order valence-electron chi connectivity index (χ0n) is 17.4. The third-order valence-corrected chi connectivity index (χ3v) is 5.71. The van der Waals surface area contributed by atoms with Crippen molar-refractivity contribution in [2.75, 3.05) is 13.7 Å². The summed E-state index contributed by atoms with van der Waals surface area (Å²) in [6.07, 6.45) is 3.64. The first-order chi connectivity index (χ1) is 14.5. The molecule has 1 saturated carbocycles. The Balaban J connectivity index is 1.56. The van der Waals surface area contributed by atoms with E-state index in [0.29, 0.717) is 29.8 Å². The molecule has 6 heteroatoms. The maximum Gasteiger partial charge on any atom is 0.261 e. The fraction of sp³-hybridized carbons (Fsp3) is 0.375. The fourth-order valence-corrected chi connectivity index (χ4v) is 3.79. The van der Waals surface area contributed by atoms with E-state index >= 15 is 0 Å². The predicted molar refractivity (Wildman–Crippen MR) is 113 cm³/mol. The van der Waals surface area contributed by atoms with Crippen molar-refractivity contribution in [3.8, 4) is 5.75 Å². The normalized spacial score (nSPS) is 15.3. The molecule has 2 aromatic rings. The number of ether oxygens (including phenoxy) is 1. The number of hydrogen-bond acceptors (Lipinski definition) is 4. The summed E-state index contributed by atoms with van der Waals surface area (Å²) in [7, 11) is 1.62. The molecule has 6 nitrogen and oxygen atoms in total. The van der Waals surface area contributed by atoms with E-state index in [-0.39, 0.29) is 23.8 Å². The average Bonchev–Trinajstić information content (AvgIpc) is 3.58. The number of carbonyl (C=O) groups is 3. The van der Waals surface area contributed by atoms with Crippen molar-refractivity contribution in [2.24, 2.45) is 0 Å². The Kier molecular flexibility index (Phi) is 5.57. The molecule has 156 valence electrons. The van der Waals surface area contributed by atoms with Crippen molar-refractivity contribution in [3.63, 3.8) is 0 Å². The lowest BCUT2D eigenvalue weighted by molar-refractivity contribution is 0.0651. The van der Waals surface area contributed by atoms with Crippen LogP contribution in [0.15, 0.2) is 42.5 Å². The van der Waals surface area contributed by atoms with Crippen LogP contribution in [-0.2, 0) is 6.54 Å². The number of imide groups is 1. The molecular formula is C24H26N2O4. The van der Waals surface area contributed by atoms with Gasteiger partial charge < -0.3 is 9.64 Å². The predicted octanol–water partition coefficient (Wildman–Crippen LogP) is 3.90. The molecule has 1 aliphatic heterocycles. The van der Waals surface area contributed by atoms with Crippen LogP contribution in [0.1, 0.15) is 69.2 Å². The number of rotatable bonds is 8. The highest BCUT2D eigenvalue weighted by molar-refractivity contribution is 6.22. The summed E-state index contributed by atoms with van der Waals surface area (Å²) in [6.45, 7) is 2.93. The smallest absolute Gasteiger partial charge is 0.261 e. The van der Waals surface area contributed by atoms with Crippen molar-refractivity contribution in [1.82, 2.24) is 9.80 Å². The highest BCUT2D eigenvalue weighted by Gasteiger charge is 2.37. The Morgan fingerprint density at radius 2 is 1.77 bits per heavy atom. The van der Waals surface area contributed by atoms with Crippen molar-refractivity contribution in [3.05, 3.63) is 64.7 Å². The van der Waals surface area contributed by atoms with E-state index < -0.39 is 0 Å². The summed E-state index contributed by atoms with van der Waals surface area (Å²) in [5, 5.41) is 0. The molecule has 0 aromatic heterocycles. The third-order valence-electron chi connectivity index (χ3n) is 5.71. The lowest BCUT2D eigenvalue weighted by Crippen LogP contribution is -2.32. The number of carbonyl (C=O) groups excluding carboxylic acids is 3. The molecular weight excluding hydrogens is 380 g/mol. The van der Waals surface area contributed by atoms with Gasteiger partial charge in [-0.1, -0.05) is 25.5 Å². The number of hydrogen-bond donors (Lipinski definition) is 0. The van der Waals surface area contributed by atoms with Crippen LogP contribution in [0.2, 0.25) is 0 Å². The number of unbranched alkanes of at least 4 members (excludes halogenated alkanes) is 1. The van der Waals surface area contributed by atoms with Crippen LogP contribution in [0.5, 0.6) is 5.75 Å². The summed E-state index contributed by atoms with van der Waals surface area (Å²) in [4.78, 5) is 41.7. The molecule has 0 unspecified atom stereocenters. The van der Waals surface area contributed by atoms with Gasteiger partial charge in [0.25, 0.3) is 17.7 Å². The second-order valence-corrected chi connectivity index (χ2v) is 7.89. The number of benzene rings is 2. The zero-order valence-corrected chi connectivity index (χ0v) is 17.4. The molecule has 0 saturated heterocycles. The van der Waals surface area contributed by atoms with Gasteiger partial charge in [-0.2, -0.15) is 0 Å². The van der Waals surface area contributed by atoms with Gasteiger partial charge in [0.2, 0.25) is 0 Å². The first kappa shape index (κ1) is 20.1. The summed E-state index contributed by atoms with van der Waals surface area (Å²) >= 11 is 0. The van der Waals surface area contributed by atoms with Gasteiger partial charge in [-0.3, -0.25) is 19.3 Å². The lowest BCUT2D eigenvalue weighted by Gasteiger charge is -2.23. The molecule has 1 heterocycles. The second kappa shape index (κ2) is 8.30. The van der Waals surface area contributed by atoms with Gasteiger partial charge in [0.15, 0.2) is 0 Å². The molecule has 1 fully saturated rings. The standard InChI is InChI=1S/C24H26N2O4/c1-3-4-13-25-23(28)20-12-7-17(14-21(20)24(25)29)22(27)26(18-8-9-18)15-16-5-10-19(30-2)11-6-16/h5-7,10-12,14,18H,3-4,8-9,13,15H2,1-2H3. The summed E-state index contributed by atoms with van der Waals surface area (Å²) < 4.78 is 5.20. The Morgan fingerprint density at radius 3 is 2.40 bits per heavy atom. The number of fused-ring (bicyclic) bond motifs is 1. The third kappa shape index (κ3) is 3.82. The Hall–Kier alpha value is -3.15. The van der Waals surface area contributed by atoms with Crippen LogP contribution in [0.3, 0.4) is 0 Å². The van der Waals surface area contributed by atoms with Crippen LogP contribution in [0.25, 0.3) is 0 Å². The van der Waals surface area contributed by atoms with Gasteiger partial charge in [-0.15, -0.1) is 0 Å². The molecule has 0 spiro atoms. The molecule has 4 rings (SSSR count). The Morgan fingerprint density at radius 1 is 1.07 bits per heavy atom. The zero-order chi connectivity index (χ0) is 21.3. The van der Waals surface area contributed by atoms with Gasteiger partial charge in [0.05, 0.1) is 18.2 Å². The molecule has 0 N–H and O–H groups in total. The van der Waals surface area contributed by atoms with Crippen LogP contribution < -0.4 is 4.74 Å². The minimum absolute atomic E-state index is 0.108. The molecule has 2 aliphatic rings. The minimum Gasteiger partial charge on any atom is -0.497 e. The molecule has 1 aliphatic carbocycles. The molecule has 0 radical (unpaired) electrons. The monoisotopic (exact) mass is 406 g/mol. The van der Waals surface area contributed by atoms with Gasteiger partial charge in [0, 0.05) is 24.7 Å². The van der Waals surface area contributed by atoms with E-state index in [9.17, 15) is 14.4 Å². The molecule has 0 bridgehead atoms. The SMILES string of the molecule is CCCCN1C(=O)c2ccc(C(=O)N(Cc3ccc(OC)cc3)C3CC3)cc2C1=O.